The third-order valence-corrected chi connectivity index (χ3v) is 2.64. The number of aromatic nitrogens is 1. The zero-order chi connectivity index (χ0) is 15.0. The Morgan fingerprint density at radius 3 is 2.70 bits per heavy atom. The van der Waals surface area contributed by atoms with E-state index >= 15 is 0 Å². The van der Waals surface area contributed by atoms with Gasteiger partial charge in [-0.3, -0.25) is 9.78 Å². The normalized spacial score (nSPS) is 10.7. The summed E-state index contributed by atoms with van der Waals surface area (Å²) in [6.07, 6.45) is 1.63. The Kier molecular flexibility index (Phi) is 6.97. The van der Waals surface area contributed by atoms with Crippen molar-refractivity contribution in [3.63, 3.8) is 0 Å². The highest BCUT2D eigenvalue weighted by molar-refractivity contribution is 5.92. The number of nitrogens with zero attached hydrogens (tertiary/aromatic N) is 3. The molecule has 6 heteroatoms. The first-order valence-corrected chi connectivity index (χ1v) is 6.64. The van der Waals surface area contributed by atoms with E-state index in [4.69, 9.17) is 4.74 Å². The Hall–Kier alpha value is -1.66. The molecular formula is C14H24N4O2. The minimum Gasteiger partial charge on any atom is -0.383 e. The van der Waals surface area contributed by atoms with E-state index in [0.29, 0.717) is 18.8 Å². The van der Waals surface area contributed by atoms with E-state index in [2.05, 4.69) is 15.2 Å². The van der Waals surface area contributed by atoms with Crippen LogP contribution in [0.15, 0.2) is 18.3 Å². The number of likely N-dealkylation sites (N-methyl/N-ethyl adjacent to an activating group) is 1. The first-order valence-electron chi connectivity index (χ1n) is 6.64. The standard InChI is InChI=1S/C14H24N4O2/c1-17(2)8-10-20-9-7-15-12-5-6-16-13(11-12)14(19)18(3)4/h5-6,11H,7-10H2,1-4H3,(H,15,16). The molecule has 0 aliphatic heterocycles. The summed E-state index contributed by atoms with van der Waals surface area (Å²) >= 11 is 0. The third-order valence-electron chi connectivity index (χ3n) is 2.64. The van der Waals surface area contributed by atoms with E-state index in [0.717, 1.165) is 18.8 Å². The van der Waals surface area contributed by atoms with Crippen LogP contribution in [0, 0.1) is 0 Å². The average Bonchev–Trinajstić information content (AvgIpc) is 2.41. The molecule has 112 valence electrons. The van der Waals surface area contributed by atoms with Crippen LogP contribution in [0.25, 0.3) is 0 Å². The summed E-state index contributed by atoms with van der Waals surface area (Å²) in [5.74, 6) is -0.101. The second kappa shape index (κ2) is 8.50. The number of hydrogen-bond donors (Lipinski definition) is 1. The topological polar surface area (TPSA) is 57.7 Å². The molecular weight excluding hydrogens is 256 g/mol. The summed E-state index contributed by atoms with van der Waals surface area (Å²) in [4.78, 5) is 19.4. The fourth-order valence-corrected chi connectivity index (χ4v) is 1.50. The van der Waals surface area contributed by atoms with Crippen LogP contribution >= 0.6 is 0 Å². The van der Waals surface area contributed by atoms with Gasteiger partial charge in [-0.2, -0.15) is 0 Å². The number of nitrogens with one attached hydrogen (secondary N) is 1. The number of pyridine rings is 1. The molecule has 0 saturated heterocycles. The van der Waals surface area contributed by atoms with Gasteiger partial charge < -0.3 is 19.9 Å². The second-order valence-electron chi connectivity index (χ2n) is 4.97. The van der Waals surface area contributed by atoms with Crippen molar-refractivity contribution in [3.05, 3.63) is 24.0 Å². The number of amides is 1. The Balaban J connectivity index is 2.34. The molecule has 0 saturated carbocycles. The zero-order valence-corrected chi connectivity index (χ0v) is 12.7. The molecule has 0 bridgehead atoms. The van der Waals surface area contributed by atoms with Crippen molar-refractivity contribution >= 4 is 11.6 Å². The number of carbonyl (C=O) groups is 1. The molecule has 0 aliphatic rings. The van der Waals surface area contributed by atoms with E-state index in [-0.39, 0.29) is 5.91 Å². The van der Waals surface area contributed by atoms with Crippen molar-refractivity contribution in [2.45, 2.75) is 0 Å². The van der Waals surface area contributed by atoms with Gasteiger partial charge in [0.15, 0.2) is 0 Å². The molecule has 1 aromatic heterocycles. The lowest BCUT2D eigenvalue weighted by Gasteiger charge is -2.12. The Labute approximate surface area is 120 Å². The fourth-order valence-electron chi connectivity index (χ4n) is 1.50. The van der Waals surface area contributed by atoms with Crippen molar-refractivity contribution in [2.75, 3.05) is 59.8 Å². The number of hydrogen-bond acceptors (Lipinski definition) is 5. The molecule has 0 radical (unpaired) electrons. The van der Waals surface area contributed by atoms with Gasteiger partial charge in [-0.1, -0.05) is 0 Å². The quantitative estimate of drug-likeness (QED) is 0.713. The van der Waals surface area contributed by atoms with Crippen LogP contribution in [0.4, 0.5) is 5.69 Å². The molecule has 1 heterocycles. The minimum absolute atomic E-state index is 0.101. The van der Waals surface area contributed by atoms with Gasteiger partial charge in [0, 0.05) is 39.1 Å². The van der Waals surface area contributed by atoms with Crippen molar-refractivity contribution < 1.29 is 9.53 Å². The molecule has 1 amide bonds. The molecule has 0 atom stereocenters. The maximum atomic E-state index is 11.8. The monoisotopic (exact) mass is 280 g/mol. The average molecular weight is 280 g/mol. The van der Waals surface area contributed by atoms with Crippen molar-refractivity contribution in [1.29, 1.82) is 0 Å². The van der Waals surface area contributed by atoms with E-state index in [1.165, 1.54) is 4.90 Å². The van der Waals surface area contributed by atoms with Crippen LogP contribution < -0.4 is 5.32 Å². The summed E-state index contributed by atoms with van der Waals surface area (Å²) in [7, 11) is 7.45. The van der Waals surface area contributed by atoms with Crippen LogP contribution in [-0.2, 0) is 4.74 Å². The first-order chi connectivity index (χ1) is 9.50. The Morgan fingerprint density at radius 1 is 1.30 bits per heavy atom. The molecule has 0 spiro atoms. The molecule has 0 aliphatic carbocycles. The summed E-state index contributed by atoms with van der Waals surface area (Å²) in [6, 6.07) is 3.59. The highest BCUT2D eigenvalue weighted by Gasteiger charge is 2.09. The van der Waals surface area contributed by atoms with Crippen LogP contribution in [0.1, 0.15) is 10.5 Å². The molecule has 1 aromatic rings. The zero-order valence-electron chi connectivity index (χ0n) is 12.7. The van der Waals surface area contributed by atoms with Gasteiger partial charge in [0.05, 0.1) is 13.2 Å². The van der Waals surface area contributed by atoms with Gasteiger partial charge in [0.25, 0.3) is 5.91 Å². The highest BCUT2D eigenvalue weighted by Crippen LogP contribution is 2.08. The van der Waals surface area contributed by atoms with Gasteiger partial charge in [0.1, 0.15) is 5.69 Å². The van der Waals surface area contributed by atoms with Crippen LogP contribution in [0.2, 0.25) is 0 Å². The predicted molar refractivity (Wildman–Crippen MR) is 80.1 cm³/mol. The molecule has 0 aromatic carbocycles. The lowest BCUT2D eigenvalue weighted by Crippen LogP contribution is -2.23. The van der Waals surface area contributed by atoms with E-state index in [9.17, 15) is 4.79 Å². The molecule has 1 N–H and O–H groups in total. The third kappa shape index (κ3) is 5.99. The van der Waals surface area contributed by atoms with Crippen molar-refractivity contribution in [2.24, 2.45) is 0 Å². The van der Waals surface area contributed by atoms with Crippen LogP contribution in [-0.4, -0.2) is 75.2 Å². The summed E-state index contributed by atoms with van der Waals surface area (Å²) < 4.78 is 5.49. The number of anilines is 1. The lowest BCUT2D eigenvalue weighted by molar-refractivity contribution is 0.0822. The van der Waals surface area contributed by atoms with Gasteiger partial charge in [0.2, 0.25) is 0 Å². The summed E-state index contributed by atoms with van der Waals surface area (Å²) in [5.41, 5.74) is 1.31. The number of carbonyl (C=O) groups excluding carboxylic acids is 1. The predicted octanol–water partition coefficient (Wildman–Crippen LogP) is 0.774. The number of ether oxygens (including phenoxy) is 1. The first kappa shape index (κ1) is 16.4. The SMILES string of the molecule is CN(C)CCOCCNc1ccnc(C(=O)N(C)C)c1. The van der Waals surface area contributed by atoms with Crippen molar-refractivity contribution in [1.82, 2.24) is 14.8 Å². The summed E-state index contributed by atoms with van der Waals surface area (Å²) in [5, 5.41) is 3.22. The summed E-state index contributed by atoms with van der Waals surface area (Å²) in [6.45, 7) is 2.96. The van der Waals surface area contributed by atoms with Crippen molar-refractivity contribution in [3.8, 4) is 0 Å². The van der Waals surface area contributed by atoms with Gasteiger partial charge in [-0.05, 0) is 26.2 Å². The minimum atomic E-state index is -0.101. The Bertz CT molecular complexity index is 421. The number of rotatable bonds is 8. The van der Waals surface area contributed by atoms with Crippen LogP contribution in [0.5, 0.6) is 0 Å². The van der Waals surface area contributed by atoms with E-state index in [1.54, 1.807) is 26.4 Å². The van der Waals surface area contributed by atoms with E-state index < -0.39 is 0 Å². The van der Waals surface area contributed by atoms with Gasteiger partial charge in [-0.15, -0.1) is 0 Å². The molecule has 0 unspecified atom stereocenters. The van der Waals surface area contributed by atoms with E-state index in [1.807, 2.05) is 20.2 Å². The molecule has 1 rings (SSSR count). The Morgan fingerprint density at radius 2 is 2.05 bits per heavy atom. The highest BCUT2D eigenvalue weighted by atomic mass is 16.5. The van der Waals surface area contributed by atoms with Crippen LogP contribution in [0.3, 0.4) is 0 Å². The largest absolute Gasteiger partial charge is 0.383 e. The van der Waals surface area contributed by atoms with Gasteiger partial charge >= 0.3 is 0 Å². The molecule has 0 fully saturated rings. The van der Waals surface area contributed by atoms with Gasteiger partial charge in [-0.25, -0.2) is 0 Å². The smallest absolute Gasteiger partial charge is 0.272 e. The second-order valence-corrected chi connectivity index (χ2v) is 4.97. The maximum absolute atomic E-state index is 11.8. The molecule has 20 heavy (non-hydrogen) atoms. The maximum Gasteiger partial charge on any atom is 0.272 e. The lowest BCUT2D eigenvalue weighted by atomic mass is 10.3. The fraction of sp³-hybridized carbons (Fsp3) is 0.571. The molecule has 6 nitrogen and oxygen atoms in total.